The van der Waals surface area contributed by atoms with E-state index in [9.17, 15) is 13.2 Å². The maximum atomic E-state index is 12.1. The second-order valence-electron chi connectivity index (χ2n) is 4.06. The number of carbonyl (C=O) groups is 1. The van der Waals surface area contributed by atoms with Crippen LogP contribution in [-0.2, 0) is 14.6 Å². The minimum absolute atomic E-state index is 0.0520. The topological polar surface area (TPSA) is 89.3 Å². The van der Waals surface area contributed by atoms with Crippen LogP contribution in [0.5, 0.6) is 0 Å². The van der Waals surface area contributed by atoms with Crippen LogP contribution in [0.3, 0.4) is 0 Å². The Bertz CT molecular complexity index is 538. The van der Waals surface area contributed by atoms with Crippen LogP contribution in [-0.4, -0.2) is 26.6 Å². The highest BCUT2D eigenvalue weighted by Crippen LogP contribution is 2.21. The summed E-state index contributed by atoms with van der Waals surface area (Å²) in [5, 5.41) is 2.56. The second kappa shape index (κ2) is 5.86. The van der Waals surface area contributed by atoms with Crippen molar-refractivity contribution >= 4 is 21.4 Å². The summed E-state index contributed by atoms with van der Waals surface area (Å²) in [6.07, 6.45) is -0.0520. The Labute approximate surface area is 107 Å². The lowest BCUT2D eigenvalue weighted by atomic mass is 10.2. The number of nitrogens with two attached hydrogens (primary N) is 1. The van der Waals surface area contributed by atoms with Crippen molar-refractivity contribution in [3.63, 3.8) is 0 Å². The fourth-order valence-electron chi connectivity index (χ4n) is 1.53. The van der Waals surface area contributed by atoms with E-state index >= 15 is 0 Å². The van der Waals surface area contributed by atoms with Crippen molar-refractivity contribution in [2.24, 2.45) is 0 Å². The van der Waals surface area contributed by atoms with Crippen LogP contribution in [0, 0.1) is 6.92 Å². The standard InChI is InChI=1S/C12H18N2O3S/c1-3-14-12(15)6-7-18(16,17)11-8-9(2)4-5-10(11)13/h4-5,8H,3,6-7,13H2,1-2H3,(H,14,15). The summed E-state index contributed by atoms with van der Waals surface area (Å²) in [5.41, 5.74) is 6.70. The molecule has 6 heteroatoms. The monoisotopic (exact) mass is 270 g/mol. The van der Waals surface area contributed by atoms with Crippen molar-refractivity contribution in [1.82, 2.24) is 5.32 Å². The van der Waals surface area contributed by atoms with Gasteiger partial charge >= 0.3 is 0 Å². The fourth-order valence-corrected chi connectivity index (χ4v) is 3.00. The summed E-state index contributed by atoms with van der Waals surface area (Å²) in [5.74, 6) is -0.501. The Hall–Kier alpha value is -1.56. The first kappa shape index (κ1) is 14.5. The molecule has 0 radical (unpaired) electrons. The minimum Gasteiger partial charge on any atom is -0.398 e. The number of aryl methyl sites for hydroxylation is 1. The predicted octanol–water partition coefficient (Wildman–Crippen LogP) is 0.877. The Morgan fingerprint density at radius 2 is 2.06 bits per heavy atom. The first-order valence-corrected chi connectivity index (χ1v) is 7.37. The summed E-state index contributed by atoms with van der Waals surface area (Å²) in [6.45, 7) is 4.07. The van der Waals surface area contributed by atoms with E-state index in [1.807, 2.05) is 0 Å². The van der Waals surface area contributed by atoms with Gasteiger partial charge in [-0.1, -0.05) is 6.07 Å². The highest BCUT2D eigenvalue weighted by molar-refractivity contribution is 7.91. The molecule has 0 bridgehead atoms. The zero-order valence-electron chi connectivity index (χ0n) is 10.6. The van der Waals surface area contributed by atoms with Gasteiger partial charge in [0.25, 0.3) is 0 Å². The van der Waals surface area contributed by atoms with Crippen molar-refractivity contribution in [2.75, 3.05) is 18.0 Å². The van der Waals surface area contributed by atoms with Gasteiger partial charge in [-0.05, 0) is 31.5 Å². The summed E-state index contributed by atoms with van der Waals surface area (Å²) < 4.78 is 24.1. The number of anilines is 1. The molecule has 0 aliphatic carbocycles. The molecule has 0 aliphatic rings. The Kier molecular flexibility index (Phi) is 4.72. The zero-order valence-corrected chi connectivity index (χ0v) is 11.4. The van der Waals surface area contributed by atoms with E-state index in [-0.39, 0.29) is 28.7 Å². The third kappa shape index (κ3) is 3.73. The molecular formula is C12H18N2O3S. The second-order valence-corrected chi connectivity index (χ2v) is 6.14. The first-order chi connectivity index (χ1) is 8.36. The molecule has 1 rings (SSSR count). The number of nitrogen functional groups attached to an aromatic ring is 1. The number of carbonyl (C=O) groups excluding carboxylic acids is 1. The lowest BCUT2D eigenvalue weighted by Crippen LogP contribution is -2.25. The molecule has 1 aromatic rings. The van der Waals surface area contributed by atoms with E-state index in [1.165, 1.54) is 6.07 Å². The molecule has 100 valence electrons. The smallest absolute Gasteiger partial charge is 0.221 e. The lowest BCUT2D eigenvalue weighted by Gasteiger charge is -2.08. The average Bonchev–Trinajstić information content (AvgIpc) is 2.30. The molecule has 0 fully saturated rings. The Morgan fingerprint density at radius 3 is 2.67 bits per heavy atom. The highest BCUT2D eigenvalue weighted by Gasteiger charge is 2.19. The SMILES string of the molecule is CCNC(=O)CCS(=O)(=O)c1cc(C)ccc1N. The van der Waals surface area contributed by atoms with Gasteiger partial charge in [-0.3, -0.25) is 4.79 Å². The number of nitrogens with one attached hydrogen (secondary N) is 1. The summed E-state index contributed by atoms with van der Waals surface area (Å²) in [6, 6.07) is 4.84. The number of hydrogen-bond donors (Lipinski definition) is 2. The molecule has 18 heavy (non-hydrogen) atoms. The average molecular weight is 270 g/mol. The van der Waals surface area contributed by atoms with Gasteiger partial charge < -0.3 is 11.1 Å². The third-order valence-electron chi connectivity index (χ3n) is 2.48. The predicted molar refractivity (Wildman–Crippen MR) is 70.9 cm³/mol. The number of hydrogen-bond acceptors (Lipinski definition) is 4. The summed E-state index contributed by atoms with van der Waals surface area (Å²) in [7, 11) is -3.51. The van der Waals surface area contributed by atoms with E-state index in [0.29, 0.717) is 6.54 Å². The summed E-state index contributed by atoms with van der Waals surface area (Å²) >= 11 is 0. The normalized spacial score (nSPS) is 11.2. The highest BCUT2D eigenvalue weighted by atomic mass is 32.2. The molecule has 1 amide bonds. The van der Waals surface area contributed by atoms with E-state index in [1.54, 1.807) is 26.0 Å². The number of benzene rings is 1. The van der Waals surface area contributed by atoms with Gasteiger partial charge in [-0.15, -0.1) is 0 Å². The molecule has 0 saturated carbocycles. The van der Waals surface area contributed by atoms with Gasteiger partial charge in [-0.2, -0.15) is 0 Å². The number of rotatable bonds is 5. The van der Waals surface area contributed by atoms with Crippen LogP contribution in [0.1, 0.15) is 18.9 Å². The fraction of sp³-hybridized carbons (Fsp3) is 0.417. The molecule has 0 saturated heterocycles. The Morgan fingerprint density at radius 1 is 1.39 bits per heavy atom. The lowest BCUT2D eigenvalue weighted by molar-refractivity contribution is -0.120. The minimum atomic E-state index is -3.51. The maximum absolute atomic E-state index is 12.1. The Balaban J connectivity index is 2.87. The quantitative estimate of drug-likeness (QED) is 0.777. The van der Waals surface area contributed by atoms with Crippen molar-refractivity contribution in [1.29, 1.82) is 0 Å². The van der Waals surface area contributed by atoms with Gasteiger partial charge in [0.15, 0.2) is 9.84 Å². The van der Waals surface area contributed by atoms with Crippen LogP contribution in [0.4, 0.5) is 5.69 Å². The van der Waals surface area contributed by atoms with Crippen LogP contribution in [0.25, 0.3) is 0 Å². The van der Waals surface area contributed by atoms with E-state index in [4.69, 9.17) is 5.73 Å². The van der Waals surface area contributed by atoms with Gasteiger partial charge in [0, 0.05) is 13.0 Å². The van der Waals surface area contributed by atoms with E-state index in [2.05, 4.69) is 5.32 Å². The third-order valence-corrected chi connectivity index (χ3v) is 4.24. The first-order valence-electron chi connectivity index (χ1n) is 5.72. The maximum Gasteiger partial charge on any atom is 0.221 e. The molecule has 0 aromatic heterocycles. The largest absolute Gasteiger partial charge is 0.398 e. The van der Waals surface area contributed by atoms with Gasteiger partial charge in [0.2, 0.25) is 5.91 Å². The molecule has 0 atom stereocenters. The van der Waals surface area contributed by atoms with E-state index in [0.717, 1.165) is 5.56 Å². The molecule has 0 aliphatic heterocycles. The van der Waals surface area contributed by atoms with Crippen LogP contribution >= 0.6 is 0 Å². The van der Waals surface area contributed by atoms with Crippen LogP contribution in [0.2, 0.25) is 0 Å². The van der Waals surface area contributed by atoms with Gasteiger partial charge in [0.1, 0.15) is 0 Å². The molecule has 0 heterocycles. The van der Waals surface area contributed by atoms with Crippen molar-refractivity contribution in [3.8, 4) is 0 Å². The molecular weight excluding hydrogens is 252 g/mol. The number of amides is 1. The zero-order chi connectivity index (χ0) is 13.8. The van der Waals surface area contributed by atoms with Crippen molar-refractivity contribution < 1.29 is 13.2 Å². The molecule has 3 N–H and O–H groups in total. The van der Waals surface area contributed by atoms with Gasteiger partial charge in [0.05, 0.1) is 16.3 Å². The van der Waals surface area contributed by atoms with Crippen molar-refractivity contribution in [2.45, 2.75) is 25.2 Å². The van der Waals surface area contributed by atoms with Crippen LogP contribution < -0.4 is 11.1 Å². The molecule has 0 unspecified atom stereocenters. The van der Waals surface area contributed by atoms with Gasteiger partial charge in [-0.25, -0.2) is 8.42 Å². The molecule has 0 spiro atoms. The number of sulfone groups is 1. The van der Waals surface area contributed by atoms with Crippen LogP contribution in [0.15, 0.2) is 23.1 Å². The summed E-state index contributed by atoms with van der Waals surface area (Å²) in [4.78, 5) is 11.4. The van der Waals surface area contributed by atoms with Crippen molar-refractivity contribution in [3.05, 3.63) is 23.8 Å². The molecule has 5 nitrogen and oxygen atoms in total. The molecule has 1 aromatic carbocycles. The van der Waals surface area contributed by atoms with E-state index < -0.39 is 9.84 Å².